The fourth-order valence-electron chi connectivity index (χ4n) is 1.33. The molecule has 1 aromatic rings. The predicted molar refractivity (Wildman–Crippen MR) is 62.6 cm³/mol. The maximum atomic E-state index is 7.63. The van der Waals surface area contributed by atoms with Gasteiger partial charge < -0.3 is 15.9 Å². The second-order valence-corrected chi connectivity index (χ2v) is 3.51. The minimum Gasteiger partial charge on any atom is -0.493 e. The number of nitrogens with two attached hydrogens (primary N) is 1. The molecule has 0 radical (unpaired) electrons. The van der Waals surface area contributed by atoms with Crippen LogP contribution in [-0.4, -0.2) is 12.3 Å². The lowest BCUT2D eigenvalue weighted by Gasteiger charge is -2.11. The lowest BCUT2D eigenvalue weighted by atomic mass is 10.1. The quantitative estimate of drug-likeness (QED) is 0.726. The Morgan fingerprint density at radius 1 is 1.47 bits per heavy atom. The summed E-state index contributed by atoms with van der Waals surface area (Å²) in [4.78, 5) is 0. The zero-order chi connectivity index (χ0) is 11.3. The number of rotatable bonds is 5. The molecule has 0 atom stereocenters. The smallest absolute Gasteiger partial charge is 0.128 e. The van der Waals surface area contributed by atoms with Crippen molar-refractivity contribution >= 4 is 5.71 Å². The Bertz CT molecular complexity index is 347. The van der Waals surface area contributed by atoms with Crippen molar-refractivity contribution in [3.05, 3.63) is 29.3 Å². The Labute approximate surface area is 90.8 Å². The van der Waals surface area contributed by atoms with E-state index < -0.39 is 0 Å². The van der Waals surface area contributed by atoms with Gasteiger partial charge in [0.25, 0.3) is 0 Å². The number of hydrogen-bond donors (Lipinski definition) is 2. The average molecular weight is 206 g/mol. The first kappa shape index (κ1) is 11.7. The van der Waals surface area contributed by atoms with Crippen LogP contribution >= 0.6 is 0 Å². The summed E-state index contributed by atoms with van der Waals surface area (Å²) < 4.78 is 5.59. The summed E-state index contributed by atoms with van der Waals surface area (Å²) in [6.07, 6.45) is 0.962. The van der Waals surface area contributed by atoms with Gasteiger partial charge in [-0.05, 0) is 31.0 Å². The molecule has 0 fully saturated rings. The molecule has 0 aliphatic heterocycles. The van der Waals surface area contributed by atoms with Crippen LogP contribution in [0.1, 0.15) is 31.4 Å². The Kier molecular flexibility index (Phi) is 4.31. The van der Waals surface area contributed by atoms with Crippen molar-refractivity contribution in [2.75, 3.05) is 6.61 Å². The Morgan fingerprint density at radius 2 is 2.20 bits per heavy atom. The lowest BCUT2D eigenvalue weighted by molar-refractivity contribution is 0.316. The second kappa shape index (κ2) is 5.51. The van der Waals surface area contributed by atoms with Crippen molar-refractivity contribution in [2.24, 2.45) is 5.73 Å². The summed E-state index contributed by atoms with van der Waals surface area (Å²) in [6, 6.07) is 5.75. The van der Waals surface area contributed by atoms with E-state index in [1.54, 1.807) is 6.92 Å². The van der Waals surface area contributed by atoms with E-state index in [1.165, 1.54) is 0 Å². The molecule has 0 aromatic heterocycles. The van der Waals surface area contributed by atoms with Crippen LogP contribution in [-0.2, 0) is 6.54 Å². The highest BCUT2D eigenvalue weighted by Crippen LogP contribution is 2.21. The van der Waals surface area contributed by atoms with Crippen LogP contribution in [0.4, 0.5) is 0 Å². The third-order valence-corrected chi connectivity index (χ3v) is 2.15. The van der Waals surface area contributed by atoms with E-state index in [1.807, 2.05) is 18.2 Å². The molecule has 3 nitrogen and oxygen atoms in total. The van der Waals surface area contributed by atoms with Crippen LogP contribution < -0.4 is 10.5 Å². The summed E-state index contributed by atoms with van der Waals surface area (Å²) in [7, 11) is 0. The first-order valence-corrected chi connectivity index (χ1v) is 5.20. The van der Waals surface area contributed by atoms with E-state index in [0.717, 1.165) is 23.3 Å². The molecular weight excluding hydrogens is 188 g/mol. The Morgan fingerprint density at radius 3 is 2.73 bits per heavy atom. The molecule has 0 saturated heterocycles. The molecule has 3 heteroatoms. The van der Waals surface area contributed by atoms with Gasteiger partial charge in [-0.3, -0.25) is 0 Å². The largest absolute Gasteiger partial charge is 0.493 e. The van der Waals surface area contributed by atoms with Gasteiger partial charge in [0.05, 0.1) is 6.61 Å². The number of hydrogen-bond acceptors (Lipinski definition) is 3. The van der Waals surface area contributed by atoms with E-state index >= 15 is 0 Å². The van der Waals surface area contributed by atoms with Crippen molar-refractivity contribution in [1.82, 2.24) is 0 Å². The molecule has 0 saturated carbocycles. The van der Waals surface area contributed by atoms with E-state index in [2.05, 4.69) is 6.92 Å². The highest BCUT2D eigenvalue weighted by Gasteiger charge is 2.06. The third kappa shape index (κ3) is 3.06. The maximum Gasteiger partial charge on any atom is 0.128 e. The molecule has 0 bridgehead atoms. The summed E-state index contributed by atoms with van der Waals surface area (Å²) in [5.74, 6) is 0.771. The van der Waals surface area contributed by atoms with Crippen molar-refractivity contribution < 1.29 is 4.74 Å². The average Bonchev–Trinajstić information content (AvgIpc) is 2.25. The molecule has 82 valence electrons. The van der Waals surface area contributed by atoms with Gasteiger partial charge >= 0.3 is 0 Å². The molecule has 0 unspecified atom stereocenters. The Balaban J connectivity index is 2.99. The summed E-state index contributed by atoms with van der Waals surface area (Å²) in [5, 5.41) is 7.63. The van der Waals surface area contributed by atoms with Gasteiger partial charge in [0, 0.05) is 17.8 Å². The van der Waals surface area contributed by atoms with E-state index in [-0.39, 0.29) is 0 Å². The molecule has 0 heterocycles. The molecule has 1 aromatic carbocycles. The van der Waals surface area contributed by atoms with Crippen molar-refractivity contribution in [3.8, 4) is 5.75 Å². The second-order valence-electron chi connectivity index (χ2n) is 3.51. The fraction of sp³-hybridized carbons (Fsp3) is 0.417. The number of benzene rings is 1. The molecule has 0 aliphatic rings. The summed E-state index contributed by atoms with van der Waals surface area (Å²) in [5.41, 5.74) is 7.96. The Hall–Kier alpha value is -1.35. The van der Waals surface area contributed by atoms with Crippen LogP contribution in [0.5, 0.6) is 5.75 Å². The first-order chi connectivity index (χ1) is 7.19. The fourth-order valence-corrected chi connectivity index (χ4v) is 1.33. The van der Waals surface area contributed by atoms with Crippen LogP contribution in [0, 0.1) is 5.41 Å². The highest BCUT2D eigenvalue weighted by atomic mass is 16.5. The van der Waals surface area contributed by atoms with E-state index in [4.69, 9.17) is 15.9 Å². The maximum absolute atomic E-state index is 7.63. The zero-order valence-corrected chi connectivity index (χ0v) is 9.34. The highest BCUT2D eigenvalue weighted by molar-refractivity contribution is 5.98. The first-order valence-electron chi connectivity index (χ1n) is 5.20. The standard InChI is InChI=1S/C12H18N2O/c1-3-6-15-12-7-10(8-13)4-5-11(12)9(2)14/h4-5,7,14H,3,6,8,13H2,1-2H3. The van der Waals surface area contributed by atoms with Gasteiger partial charge in [-0.2, -0.15) is 0 Å². The van der Waals surface area contributed by atoms with Crippen molar-refractivity contribution in [3.63, 3.8) is 0 Å². The minimum absolute atomic E-state index is 0.500. The van der Waals surface area contributed by atoms with Gasteiger partial charge in [0.1, 0.15) is 5.75 Å². The third-order valence-electron chi connectivity index (χ3n) is 2.15. The van der Waals surface area contributed by atoms with Crippen molar-refractivity contribution in [2.45, 2.75) is 26.8 Å². The van der Waals surface area contributed by atoms with Gasteiger partial charge in [-0.25, -0.2) is 0 Å². The summed E-state index contributed by atoms with van der Waals surface area (Å²) in [6.45, 7) is 4.99. The number of ether oxygens (including phenoxy) is 1. The van der Waals surface area contributed by atoms with Crippen LogP contribution in [0.2, 0.25) is 0 Å². The van der Waals surface area contributed by atoms with Crippen LogP contribution in [0.15, 0.2) is 18.2 Å². The molecule has 15 heavy (non-hydrogen) atoms. The van der Waals surface area contributed by atoms with E-state index in [9.17, 15) is 0 Å². The number of nitrogens with one attached hydrogen (secondary N) is 1. The molecular formula is C12H18N2O. The minimum atomic E-state index is 0.500. The van der Waals surface area contributed by atoms with Crippen LogP contribution in [0.3, 0.4) is 0 Å². The molecule has 0 aliphatic carbocycles. The SMILES string of the molecule is CCCOc1cc(CN)ccc1C(C)=N. The molecule has 3 N–H and O–H groups in total. The van der Waals surface area contributed by atoms with Gasteiger partial charge in [0.15, 0.2) is 0 Å². The van der Waals surface area contributed by atoms with E-state index in [0.29, 0.717) is 18.9 Å². The van der Waals surface area contributed by atoms with Crippen molar-refractivity contribution in [1.29, 1.82) is 5.41 Å². The zero-order valence-electron chi connectivity index (χ0n) is 9.34. The van der Waals surface area contributed by atoms with Gasteiger partial charge in [-0.1, -0.05) is 13.0 Å². The predicted octanol–water partition coefficient (Wildman–Crippen LogP) is 2.32. The normalized spacial score (nSPS) is 10.1. The molecule has 0 amide bonds. The van der Waals surface area contributed by atoms with Gasteiger partial charge in [0.2, 0.25) is 0 Å². The topological polar surface area (TPSA) is 59.1 Å². The molecule has 1 rings (SSSR count). The monoisotopic (exact) mass is 206 g/mol. The van der Waals surface area contributed by atoms with Gasteiger partial charge in [-0.15, -0.1) is 0 Å². The van der Waals surface area contributed by atoms with Crippen LogP contribution in [0.25, 0.3) is 0 Å². The summed E-state index contributed by atoms with van der Waals surface area (Å²) >= 11 is 0. The lowest BCUT2D eigenvalue weighted by Crippen LogP contribution is -2.04. The molecule has 0 spiro atoms.